The Morgan fingerprint density at radius 1 is 0.340 bits per heavy atom. The minimum Gasteiger partial charge on any atom is -0.309 e. The lowest BCUT2D eigenvalue weighted by Gasteiger charge is -2.11. The van der Waals surface area contributed by atoms with Crippen LogP contribution in [0.4, 0.5) is 0 Å². The summed E-state index contributed by atoms with van der Waals surface area (Å²) in [6, 6.07) is 64.2. The molecule has 0 aliphatic carbocycles. The van der Waals surface area contributed by atoms with Gasteiger partial charge in [-0.3, -0.25) is 4.57 Å². The summed E-state index contributed by atoms with van der Waals surface area (Å²) in [7, 11) is 0. The van der Waals surface area contributed by atoms with Crippen LogP contribution in [0.2, 0.25) is 0 Å². The van der Waals surface area contributed by atoms with Crippen LogP contribution in [0.5, 0.6) is 0 Å². The van der Waals surface area contributed by atoms with Crippen molar-refractivity contribution in [3.05, 3.63) is 182 Å². The predicted octanol–water partition coefficient (Wildman–Crippen LogP) is 11.7. The molecule has 0 bridgehead atoms. The molecule has 3 heterocycles. The zero-order valence-electron chi connectivity index (χ0n) is 27.1. The van der Waals surface area contributed by atoms with Crippen LogP contribution in [0, 0.1) is 0 Å². The highest BCUT2D eigenvalue weighted by molar-refractivity contribution is 6.14. The predicted molar refractivity (Wildman–Crippen MR) is 207 cm³/mol. The Hall–Kier alpha value is -6.78. The van der Waals surface area contributed by atoms with Crippen LogP contribution < -0.4 is 0 Å². The Kier molecular flexibility index (Phi) is 6.46. The van der Waals surface area contributed by atoms with E-state index in [0.29, 0.717) is 5.82 Å². The number of nitrogens with zero attached hydrogens (tertiary/aromatic N) is 4. The van der Waals surface area contributed by atoms with E-state index in [1.807, 2.05) is 18.2 Å². The van der Waals surface area contributed by atoms with Crippen molar-refractivity contribution >= 4 is 43.7 Å². The van der Waals surface area contributed by atoms with Crippen LogP contribution in [0.25, 0.3) is 88.9 Å². The van der Waals surface area contributed by atoms with E-state index in [2.05, 4.69) is 173 Å². The summed E-state index contributed by atoms with van der Waals surface area (Å²) in [5.74, 6) is 0.702. The van der Waals surface area contributed by atoms with Crippen LogP contribution >= 0.6 is 0 Å². The van der Waals surface area contributed by atoms with E-state index in [1.54, 1.807) is 0 Å². The largest absolute Gasteiger partial charge is 0.309 e. The quantitative estimate of drug-likeness (QED) is 0.188. The lowest BCUT2D eigenvalue weighted by molar-refractivity contribution is 1.11. The Bertz CT molecular complexity index is 2850. The highest BCUT2D eigenvalue weighted by Gasteiger charge is 2.21. The normalized spacial score (nSPS) is 11.6. The first-order valence-electron chi connectivity index (χ1n) is 16.9. The van der Waals surface area contributed by atoms with Gasteiger partial charge in [-0.1, -0.05) is 127 Å². The summed E-state index contributed by atoms with van der Waals surface area (Å²) < 4.78 is 4.62. The lowest BCUT2D eigenvalue weighted by atomic mass is 9.98. The lowest BCUT2D eigenvalue weighted by Crippen LogP contribution is -1.99. The first kappa shape index (κ1) is 28.3. The van der Waals surface area contributed by atoms with Gasteiger partial charge < -0.3 is 4.57 Å². The van der Waals surface area contributed by atoms with Crippen molar-refractivity contribution in [1.29, 1.82) is 0 Å². The van der Waals surface area contributed by atoms with Crippen molar-refractivity contribution in [2.24, 2.45) is 0 Å². The smallest absolute Gasteiger partial charge is 0.162 e. The Labute approximate surface area is 289 Å². The summed E-state index contributed by atoms with van der Waals surface area (Å²) in [6.45, 7) is 0. The number of rotatable bonds is 5. The number of para-hydroxylation sites is 4. The standard InChI is InChI=1S/C46H30N4/c1-4-15-31(16-5-1)45-47-44(43-38-24-11-13-26-41(38)50(46(43)48-45)36-21-8-3-9-22-36)34-18-14-17-32(29-34)33-27-28-42-39(30-33)37-23-10-12-25-40(37)49(42)35-19-6-2-7-20-35/h1-30H. The summed E-state index contributed by atoms with van der Waals surface area (Å²) in [6.07, 6.45) is 0. The minimum atomic E-state index is 0.702. The molecule has 0 unspecified atom stereocenters. The molecule has 0 spiro atoms. The fourth-order valence-corrected chi connectivity index (χ4v) is 7.47. The maximum atomic E-state index is 5.33. The number of benzene rings is 7. The highest BCUT2D eigenvalue weighted by Crippen LogP contribution is 2.40. The number of hydrogen-bond donors (Lipinski definition) is 0. The molecule has 234 valence electrons. The first-order chi connectivity index (χ1) is 24.8. The van der Waals surface area contributed by atoms with E-state index in [4.69, 9.17) is 9.97 Å². The minimum absolute atomic E-state index is 0.702. The molecule has 0 aliphatic heterocycles. The molecule has 3 aromatic heterocycles. The van der Waals surface area contributed by atoms with Gasteiger partial charge in [-0.05, 0) is 65.7 Å². The molecule has 50 heavy (non-hydrogen) atoms. The van der Waals surface area contributed by atoms with Crippen molar-refractivity contribution in [2.75, 3.05) is 0 Å². The summed E-state index contributed by atoms with van der Waals surface area (Å²) in [5, 5.41) is 4.64. The van der Waals surface area contributed by atoms with Crippen molar-refractivity contribution in [2.45, 2.75) is 0 Å². The third-order valence-electron chi connectivity index (χ3n) is 9.72. The van der Waals surface area contributed by atoms with Gasteiger partial charge in [0, 0.05) is 38.7 Å². The first-order valence-corrected chi connectivity index (χ1v) is 16.9. The molecule has 10 rings (SSSR count). The van der Waals surface area contributed by atoms with Crippen molar-refractivity contribution < 1.29 is 0 Å². The maximum Gasteiger partial charge on any atom is 0.162 e. The molecule has 0 N–H and O–H groups in total. The van der Waals surface area contributed by atoms with Gasteiger partial charge in [0.15, 0.2) is 5.82 Å². The monoisotopic (exact) mass is 638 g/mol. The SMILES string of the molecule is c1ccc(-c2nc(-c3cccc(-c4ccc5c(c4)c4ccccc4n5-c4ccccc4)c3)c3c4ccccc4n(-c4ccccc4)c3n2)cc1. The van der Waals surface area contributed by atoms with Gasteiger partial charge in [-0.2, -0.15) is 0 Å². The van der Waals surface area contributed by atoms with Gasteiger partial charge in [-0.15, -0.1) is 0 Å². The summed E-state index contributed by atoms with van der Waals surface area (Å²) in [4.78, 5) is 10.6. The van der Waals surface area contributed by atoms with Crippen molar-refractivity contribution in [3.63, 3.8) is 0 Å². The molecule has 4 nitrogen and oxygen atoms in total. The molecule has 0 atom stereocenters. The van der Waals surface area contributed by atoms with Crippen LogP contribution in [0.15, 0.2) is 182 Å². The molecule has 0 amide bonds. The molecule has 0 saturated carbocycles. The van der Waals surface area contributed by atoms with Crippen molar-refractivity contribution in [1.82, 2.24) is 19.1 Å². The van der Waals surface area contributed by atoms with E-state index in [9.17, 15) is 0 Å². The average molecular weight is 639 g/mol. The maximum absolute atomic E-state index is 5.33. The molecule has 7 aromatic carbocycles. The van der Waals surface area contributed by atoms with E-state index >= 15 is 0 Å². The van der Waals surface area contributed by atoms with Gasteiger partial charge in [-0.25, -0.2) is 9.97 Å². The Balaban J connectivity index is 1.21. The third-order valence-corrected chi connectivity index (χ3v) is 9.72. The Morgan fingerprint density at radius 3 is 1.62 bits per heavy atom. The van der Waals surface area contributed by atoms with Gasteiger partial charge in [0.2, 0.25) is 0 Å². The van der Waals surface area contributed by atoms with E-state index in [-0.39, 0.29) is 0 Å². The number of aromatic nitrogens is 4. The molecule has 0 saturated heterocycles. The van der Waals surface area contributed by atoms with Crippen LogP contribution in [-0.2, 0) is 0 Å². The van der Waals surface area contributed by atoms with E-state index in [1.165, 1.54) is 21.8 Å². The van der Waals surface area contributed by atoms with Gasteiger partial charge >= 0.3 is 0 Å². The van der Waals surface area contributed by atoms with Crippen LogP contribution in [0.1, 0.15) is 0 Å². The Morgan fingerprint density at radius 2 is 0.880 bits per heavy atom. The number of hydrogen-bond acceptors (Lipinski definition) is 2. The molecular formula is C46H30N4. The zero-order valence-corrected chi connectivity index (χ0v) is 27.1. The molecule has 4 heteroatoms. The van der Waals surface area contributed by atoms with Crippen LogP contribution in [0.3, 0.4) is 0 Å². The molecule has 0 radical (unpaired) electrons. The fraction of sp³-hybridized carbons (Fsp3) is 0. The second kappa shape index (κ2) is 11.4. The third kappa shape index (κ3) is 4.46. The van der Waals surface area contributed by atoms with E-state index in [0.717, 1.165) is 61.3 Å². The molecule has 10 aromatic rings. The van der Waals surface area contributed by atoms with Gasteiger partial charge in [0.1, 0.15) is 5.65 Å². The van der Waals surface area contributed by atoms with E-state index < -0.39 is 0 Å². The molecule has 0 aliphatic rings. The van der Waals surface area contributed by atoms with Crippen molar-refractivity contribution in [3.8, 4) is 45.1 Å². The summed E-state index contributed by atoms with van der Waals surface area (Å²) in [5.41, 5.74) is 11.9. The zero-order chi connectivity index (χ0) is 33.0. The van der Waals surface area contributed by atoms with Gasteiger partial charge in [0.05, 0.1) is 27.6 Å². The topological polar surface area (TPSA) is 35.6 Å². The van der Waals surface area contributed by atoms with Crippen LogP contribution in [-0.4, -0.2) is 19.1 Å². The average Bonchev–Trinajstić information content (AvgIpc) is 3.71. The van der Waals surface area contributed by atoms with Gasteiger partial charge in [0.25, 0.3) is 0 Å². The summed E-state index contributed by atoms with van der Waals surface area (Å²) >= 11 is 0. The molecule has 0 fully saturated rings. The fourth-order valence-electron chi connectivity index (χ4n) is 7.47. The second-order valence-corrected chi connectivity index (χ2v) is 12.6. The highest BCUT2D eigenvalue weighted by atomic mass is 15.1. The second-order valence-electron chi connectivity index (χ2n) is 12.6. The number of fused-ring (bicyclic) bond motifs is 6. The molecular weight excluding hydrogens is 609 g/mol.